The standard InChI is InChI=1S/C21H26NO2.3C2H6.CH4.CH3.Y/c1-22-19-11-8-16(9-12-19)13-17-7-10-18(14-17)21(23)15-24-20-5-3-2-4-6-20;3*1-2;;;/h2-6,8-9,11-12,17-18,21-23H,1,7,10,13-15H2;3*1-2H3;1H4;1H3;/q-1;;;;;-1;. The zero-order valence-electron chi connectivity index (χ0n) is 21.6. The first-order chi connectivity index (χ1) is 14.7. The van der Waals surface area contributed by atoms with Crippen LogP contribution in [0, 0.1) is 26.3 Å². The second kappa shape index (κ2) is 25.7. The van der Waals surface area contributed by atoms with E-state index in [1.807, 2.05) is 71.9 Å². The van der Waals surface area contributed by atoms with Crippen LogP contribution >= 0.6 is 0 Å². The minimum absolute atomic E-state index is 0. The van der Waals surface area contributed by atoms with Gasteiger partial charge in [-0.05, 0) is 67.3 Å². The summed E-state index contributed by atoms with van der Waals surface area (Å²) in [5.74, 6) is 1.82. The zero-order valence-corrected chi connectivity index (χ0v) is 24.4. The Bertz CT molecular complexity index is 619. The fourth-order valence-corrected chi connectivity index (χ4v) is 3.57. The number of para-hydroxylation sites is 1. The van der Waals surface area contributed by atoms with Gasteiger partial charge in [0.25, 0.3) is 0 Å². The van der Waals surface area contributed by atoms with Crippen LogP contribution in [0.5, 0.6) is 5.75 Å². The van der Waals surface area contributed by atoms with Gasteiger partial charge < -0.3 is 22.6 Å². The number of benzene rings is 2. The Labute approximate surface area is 232 Å². The van der Waals surface area contributed by atoms with E-state index in [0.717, 1.165) is 30.7 Å². The minimum atomic E-state index is -0.382. The second-order valence-corrected chi connectivity index (χ2v) is 6.71. The van der Waals surface area contributed by atoms with Crippen LogP contribution in [0.2, 0.25) is 0 Å². The molecule has 4 heteroatoms. The van der Waals surface area contributed by atoms with Crippen LogP contribution in [0.3, 0.4) is 0 Å². The molecule has 1 radical (unpaired) electrons. The number of aliphatic hydroxyl groups is 1. The van der Waals surface area contributed by atoms with E-state index in [1.165, 1.54) is 12.0 Å². The number of ether oxygens (including phenoxy) is 1. The number of rotatable bonds is 7. The molecule has 3 unspecified atom stereocenters. The van der Waals surface area contributed by atoms with E-state index in [0.29, 0.717) is 18.4 Å². The molecule has 3 nitrogen and oxygen atoms in total. The topological polar surface area (TPSA) is 41.5 Å². The first-order valence-corrected chi connectivity index (χ1v) is 11.7. The Hall–Kier alpha value is -0.896. The van der Waals surface area contributed by atoms with Crippen molar-refractivity contribution >= 4 is 5.69 Å². The van der Waals surface area contributed by atoms with Crippen LogP contribution in [0.1, 0.15) is 73.8 Å². The summed E-state index contributed by atoms with van der Waals surface area (Å²) in [6.07, 6.45) is 4.05. The van der Waals surface area contributed by atoms with Crippen molar-refractivity contribution in [3.05, 3.63) is 74.6 Å². The Morgan fingerprint density at radius 3 is 2.00 bits per heavy atom. The molecule has 189 valence electrons. The third-order valence-electron chi connectivity index (χ3n) is 4.97. The maximum absolute atomic E-state index is 10.4. The molecule has 1 aliphatic carbocycles. The van der Waals surface area contributed by atoms with Crippen molar-refractivity contribution in [3.63, 3.8) is 0 Å². The number of hydrogen-bond acceptors (Lipinski definition) is 3. The predicted octanol–water partition coefficient (Wildman–Crippen LogP) is 8.45. The smallest absolute Gasteiger partial charge is 0.119 e. The molecule has 1 fully saturated rings. The maximum atomic E-state index is 10.4. The molecule has 0 heterocycles. The predicted molar refractivity (Wildman–Crippen MR) is 145 cm³/mol. The van der Waals surface area contributed by atoms with Crippen LogP contribution in [-0.2, 0) is 39.1 Å². The summed E-state index contributed by atoms with van der Waals surface area (Å²) >= 11 is 0. The molecule has 3 atom stereocenters. The van der Waals surface area contributed by atoms with Gasteiger partial charge in [-0.25, -0.2) is 0 Å². The molecule has 1 aliphatic rings. The summed E-state index contributed by atoms with van der Waals surface area (Å²) in [5.41, 5.74) is 2.39. The summed E-state index contributed by atoms with van der Waals surface area (Å²) in [4.78, 5) is 0. The van der Waals surface area contributed by atoms with Gasteiger partial charge in [-0.3, -0.25) is 7.05 Å². The Balaban J connectivity index is -0.000000433. The molecule has 0 spiro atoms. The first-order valence-electron chi connectivity index (χ1n) is 11.7. The van der Waals surface area contributed by atoms with Crippen molar-refractivity contribution in [2.24, 2.45) is 11.8 Å². The van der Waals surface area contributed by atoms with Gasteiger partial charge in [0.05, 0.1) is 6.10 Å². The third kappa shape index (κ3) is 15.6. The molecule has 0 saturated heterocycles. The van der Waals surface area contributed by atoms with Crippen LogP contribution in [0.25, 0.3) is 0 Å². The van der Waals surface area contributed by atoms with Gasteiger partial charge >= 0.3 is 0 Å². The Kier molecular flexibility index (Phi) is 30.7. The van der Waals surface area contributed by atoms with Crippen molar-refractivity contribution in [1.29, 1.82) is 0 Å². The quantitative estimate of drug-likeness (QED) is 0.350. The van der Waals surface area contributed by atoms with E-state index in [9.17, 15) is 5.11 Å². The van der Waals surface area contributed by atoms with Crippen molar-refractivity contribution in [3.8, 4) is 5.75 Å². The molecule has 0 aromatic heterocycles. The summed E-state index contributed by atoms with van der Waals surface area (Å²) in [5, 5.41) is 13.3. The molecule has 0 bridgehead atoms. The minimum Gasteiger partial charge on any atom is -0.538 e. The largest absolute Gasteiger partial charge is 0.538 e. The number of nitrogens with one attached hydrogen (secondary N) is 1. The van der Waals surface area contributed by atoms with Crippen molar-refractivity contribution in [2.45, 2.75) is 80.8 Å². The second-order valence-electron chi connectivity index (χ2n) is 6.71. The normalized spacial score (nSPS) is 16.1. The van der Waals surface area contributed by atoms with E-state index in [-0.39, 0.29) is 53.7 Å². The van der Waals surface area contributed by atoms with Crippen LogP contribution in [-0.4, -0.2) is 17.8 Å². The average Bonchev–Trinajstić information content (AvgIpc) is 3.31. The van der Waals surface area contributed by atoms with Crippen LogP contribution in [0.4, 0.5) is 5.69 Å². The van der Waals surface area contributed by atoms with Crippen molar-refractivity contribution in [1.82, 2.24) is 0 Å². The molecule has 2 aromatic carbocycles. The van der Waals surface area contributed by atoms with Gasteiger partial charge in [0, 0.05) is 38.4 Å². The number of aliphatic hydroxyl groups excluding tert-OH is 1. The molecule has 0 aliphatic heterocycles. The monoisotopic (exact) mass is 534 g/mol. The van der Waals surface area contributed by atoms with Gasteiger partial charge in [0.2, 0.25) is 0 Å². The molecule has 2 N–H and O–H groups in total. The van der Waals surface area contributed by atoms with E-state index >= 15 is 0 Å². The van der Waals surface area contributed by atoms with Gasteiger partial charge in [0.1, 0.15) is 12.4 Å². The molecule has 33 heavy (non-hydrogen) atoms. The zero-order chi connectivity index (χ0) is 22.8. The number of hydrogen-bond donors (Lipinski definition) is 2. The van der Waals surface area contributed by atoms with E-state index in [4.69, 9.17) is 4.74 Å². The summed E-state index contributed by atoms with van der Waals surface area (Å²) in [6.45, 7) is 12.4. The fraction of sp³-hybridized carbons (Fsp3) is 0.517. The van der Waals surface area contributed by atoms with Gasteiger partial charge in [-0.15, -0.1) is 0 Å². The molecule has 3 rings (SSSR count). The number of anilines is 1. The summed E-state index contributed by atoms with van der Waals surface area (Å²) in [6, 6.07) is 18.2. The van der Waals surface area contributed by atoms with Crippen LogP contribution in [0.15, 0.2) is 54.6 Å². The molecular formula is C29H51NO2Y-2. The summed E-state index contributed by atoms with van der Waals surface area (Å²) < 4.78 is 5.70. The molecule has 2 aromatic rings. The van der Waals surface area contributed by atoms with Crippen molar-refractivity contribution < 1.29 is 42.6 Å². The molecular weight excluding hydrogens is 483 g/mol. The van der Waals surface area contributed by atoms with Crippen LogP contribution < -0.4 is 10.1 Å². The van der Waals surface area contributed by atoms with Crippen molar-refractivity contribution in [2.75, 3.05) is 11.9 Å². The van der Waals surface area contributed by atoms with Gasteiger partial charge in [-0.1, -0.05) is 79.3 Å². The maximum Gasteiger partial charge on any atom is 0.119 e. The average molecular weight is 535 g/mol. The molecule has 0 amide bonds. The van der Waals surface area contributed by atoms with E-state index in [1.54, 1.807) is 0 Å². The van der Waals surface area contributed by atoms with E-state index < -0.39 is 0 Å². The Morgan fingerprint density at radius 2 is 1.48 bits per heavy atom. The van der Waals surface area contributed by atoms with E-state index in [2.05, 4.69) is 36.6 Å². The van der Waals surface area contributed by atoms with Gasteiger partial charge in [-0.2, -0.15) is 0 Å². The Morgan fingerprint density at radius 1 is 0.939 bits per heavy atom. The third-order valence-corrected chi connectivity index (χ3v) is 4.97. The first kappa shape index (κ1) is 39.3. The summed E-state index contributed by atoms with van der Waals surface area (Å²) in [7, 11) is 3.67. The fourth-order valence-electron chi connectivity index (χ4n) is 3.57. The molecule has 1 saturated carbocycles. The SMILES string of the molecule is C.CC.CC.CC.[CH2-]Nc1ccc(CC2CCC(C(O)COc3ccccc3)C2)cc1.[CH3-].[Y]. The van der Waals surface area contributed by atoms with Gasteiger partial charge in [0.15, 0.2) is 0 Å².